The molecule has 7 heteroatoms. The van der Waals surface area contributed by atoms with Crippen molar-refractivity contribution in [3.8, 4) is 11.5 Å². The molecule has 1 aromatic heterocycles. The van der Waals surface area contributed by atoms with E-state index in [1.807, 2.05) is 0 Å². The Kier molecular flexibility index (Phi) is 2.30. The summed E-state index contributed by atoms with van der Waals surface area (Å²) in [5, 5.41) is 16.7. The summed E-state index contributed by atoms with van der Waals surface area (Å²) in [6.07, 6.45) is 0. The third-order valence-corrected chi connectivity index (χ3v) is 1.92. The van der Waals surface area contributed by atoms with Gasteiger partial charge in [-0.3, -0.25) is 10.1 Å². The molecule has 1 N–H and O–H groups in total. The van der Waals surface area contributed by atoms with E-state index in [9.17, 15) is 10.1 Å². The van der Waals surface area contributed by atoms with Crippen LogP contribution in [0.4, 0.5) is 5.69 Å². The van der Waals surface area contributed by atoms with Crippen LogP contribution in [-0.2, 0) is 0 Å². The van der Waals surface area contributed by atoms with Crippen LogP contribution in [0, 0.1) is 15.0 Å². The van der Waals surface area contributed by atoms with Crippen molar-refractivity contribution in [2.24, 2.45) is 0 Å². The number of rotatable bonds is 2. The Labute approximate surface area is 88.7 Å². The zero-order valence-electron chi connectivity index (χ0n) is 7.34. The number of aromatic nitrogens is 2. The largest absolute Gasteiger partial charge is 0.409 e. The second kappa shape index (κ2) is 3.62. The zero-order valence-corrected chi connectivity index (χ0v) is 8.15. The third kappa shape index (κ3) is 1.91. The minimum atomic E-state index is -0.481. The van der Waals surface area contributed by atoms with Crippen molar-refractivity contribution in [1.29, 1.82) is 0 Å². The van der Waals surface area contributed by atoms with Crippen LogP contribution in [0.5, 0.6) is 0 Å². The van der Waals surface area contributed by atoms with Crippen LogP contribution in [0.3, 0.4) is 0 Å². The normalized spacial score (nSPS) is 10.1. The molecule has 2 aromatic rings. The van der Waals surface area contributed by atoms with Crippen LogP contribution in [0.1, 0.15) is 0 Å². The first-order valence-corrected chi connectivity index (χ1v) is 4.38. The number of non-ortho nitro benzene ring substituents is 1. The SMILES string of the molecule is O=[N+]([O-])c1cccc(-c2n[nH]c(=S)o2)c1. The molecule has 0 amide bonds. The molecular weight excluding hydrogens is 218 g/mol. The smallest absolute Gasteiger partial charge is 0.284 e. The molecule has 1 heterocycles. The maximum atomic E-state index is 10.5. The number of nitrogens with one attached hydrogen (secondary N) is 1. The van der Waals surface area contributed by atoms with Gasteiger partial charge in [-0.05, 0) is 18.3 Å². The average molecular weight is 223 g/mol. The first-order chi connectivity index (χ1) is 7.16. The van der Waals surface area contributed by atoms with Gasteiger partial charge < -0.3 is 4.42 Å². The van der Waals surface area contributed by atoms with Crippen LogP contribution in [0.15, 0.2) is 28.7 Å². The van der Waals surface area contributed by atoms with Crippen LogP contribution in [0.25, 0.3) is 11.5 Å². The van der Waals surface area contributed by atoms with E-state index in [4.69, 9.17) is 16.6 Å². The Hall–Kier alpha value is -2.02. The minimum Gasteiger partial charge on any atom is -0.409 e. The Morgan fingerprint density at radius 3 is 2.93 bits per heavy atom. The lowest BCUT2D eigenvalue weighted by atomic mass is 10.2. The lowest BCUT2D eigenvalue weighted by molar-refractivity contribution is -0.384. The molecule has 0 unspecified atom stereocenters. The summed E-state index contributed by atoms with van der Waals surface area (Å²) in [6, 6.07) is 5.97. The number of hydrogen-bond donors (Lipinski definition) is 1. The van der Waals surface area contributed by atoms with Crippen molar-refractivity contribution in [1.82, 2.24) is 10.2 Å². The molecule has 76 valence electrons. The molecule has 0 fully saturated rings. The van der Waals surface area contributed by atoms with Crippen LogP contribution >= 0.6 is 12.2 Å². The minimum absolute atomic E-state index is 0.0170. The van der Waals surface area contributed by atoms with Gasteiger partial charge >= 0.3 is 0 Å². The first-order valence-electron chi connectivity index (χ1n) is 3.97. The fourth-order valence-electron chi connectivity index (χ4n) is 1.11. The highest BCUT2D eigenvalue weighted by Crippen LogP contribution is 2.21. The van der Waals surface area contributed by atoms with E-state index in [1.54, 1.807) is 12.1 Å². The van der Waals surface area contributed by atoms with E-state index >= 15 is 0 Å². The van der Waals surface area contributed by atoms with Crippen molar-refractivity contribution in [2.45, 2.75) is 0 Å². The van der Waals surface area contributed by atoms with Crippen molar-refractivity contribution in [2.75, 3.05) is 0 Å². The van der Waals surface area contributed by atoms with E-state index in [1.165, 1.54) is 12.1 Å². The Morgan fingerprint density at radius 2 is 2.33 bits per heavy atom. The van der Waals surface area contributed by atoms with Gasteiger partial charge in [0.25, 0.3) is 10.5 Å². The van der Waals surface area contributed by atoms with Crippen LogP contribution < -0.4 is 0 Å². The van der Waals surface area contributed by atoms with E-state index in [0.717, 1.165) is 0 Å². The van der Waals surface area contributed by atoms with Gasteiger partial charge in [-0.25, -0.2) is 5.10 Å². The van der Waals surface area contributed by atoms with E-state index in [0.29, 0.717) is 5.56 Å². The quantitative estimate of drug-likeness (QED) is 0.479. The molecule has 2 rings (SSSR count). The van der Waals surface area contributed by atoms with Gasteiger partial charge in [-0.2, -0.15) is 0 Å². The predicted octanol–water partition coefficient (Wildman–Crippen LogP) is 2.31. The van der Waals surface area contributed by atoms with Gasteiger partial charge in [0.05, 0.1) is 4.92 Å². The Morgan fingerprint density at radius 1 is 1.53 bits per heavy atom. The summed E-state index contributed by atoms with van der Waals surface area (Å²) in [4.78, 5) is 10.2. The fourth-order valence-corrected chi connectivity index (χ4v) is 1.23. The van der Waals surface area contributed by atoms with Crippen molar-refractivity contribution < 1.29 is 9.34 Å². The lowest BCUT2D eigenvalue weighted by Gasteiger charge is -1.94. The molecule has 6 nitrogen and oxygen atoms in total. The molecule has 15 heavy (non-hydrogen) atoms. The highest BCUT2D eigenvalue weighted by molar-refractivity contribution is 7.71. The predicted molar refractivity (Wildman–Crippen MR) is 53.8 cm³/mol. The van der Waals surface area contributed by atoms with Gasteiger partial charge in [0.1, 0.15) is 0 Å². The van der Waals surface area contributed by atoms with Gasteiger partial charge in [-0.15, -0.1) is 5.10 Å². The molecule has 0 saturated carbocycles. The molecule has 0 radical (unpaired) electrons. The van der Waals surface area contributed by atoms with Gasteiger partial charge in [0.15, 0.2) is 0 Å². The van der Waals surface area contributed by atoms with Crippen molar-refractivity contribution in [3.05, 3.63) is 39.2 Å². The second-order valence-corrected chi connectivity index (χ2v) is 3.10. The fraction of sp³-hybridized carbons (Fsp3) is 0. The van der Waals surface area contributed by atoms with Crippen molar-refractivity contribution >= 4 is 17.9 Å². The summed E-state index contributed by atoms with van der Waals surface area (Å²) in [5.41, 5.74) is 0.494. The topological polar surface area (TPSA) is 85.0 Å². The molecule has 1 aromatic carbocycles. The van der Waals surface area contributed by atoms with E-state index in [-0.39, 0.29) is 16.4 Å². The monoisotopic (exact) mass is 223 g/mol. The maximum absolute atomic E-state index is 10.5. The number of H-pyrrole nitrogens is 1. The summed E-state index contributed by atoms with van der Waals surface area (Å²) in [7, 11) is 0. The van der Waals surface area contributed by atoms with Gasteiger partial charge in [0.2, 0.25) is 5.89 Å². The lowest BCUT2D eigenvalue weighted by Crippen LogP contribution is -1.88. The molecule has 0 aliphatic carbocycles. The number of nitro benzene ring substituents is 1. The molecule has 0 saturated heterocycles. The number of hydrogen-bond acceptors (Lipinski definition) is 5. The number of benzene rings is 1. The second-order valence-electron chi connectivity index (χ2n) is 2.73. The molecule has 0 atom stereocenters. The summed E-state index contributed by atoms with van der Waals surface area (Å²) in [6.45, 7) is 0. The molecule has 0 spiro atoms. The maximum Gasteiger partial charge on any atom is 0.284 e. The summed E-state index contributed by atoms with van der Waals surface area (Å²) in [5.74, 6) is 0.240. The zero-order chi connectivity index (χ0) is 10.8. The standard InChI is InChI=1S/C8H5N3O3S/c12-11(13)6-3-1-2-5(4-6)7-9-10-8(15)14-7/h1-4H,(H,10,15). The molecule has 0 aliphatic heterocycles. The van der Waals surface area contributed by atoms with Crippen LogP contribution in [0.2, 0.25) is 0 Å². The number of nitro groups is 1. The third-order valence-electron chi connectivity index (χ3n) is 1.74. The van der Waals surface area contributed by atoms with Gasteiger partial charge in [0, 0.05) is 17.7 Å². The Balaban J connectivity index is 2.49. The molecule has 0 aliphatic rings. The average Bonchev–Trinajstić information content (AvgIpc) is 2.65. The van der Waals surface area contributed by atoms with E-state index in [2.05, 4.69) is 10.2 Å². The number of nitrogens with zero attached hydrogens (tertiary/aromatic N) is 2. The molecular formula is C8H5N3O3S. The van der Waals surface area contributed by atoms with Crippen LogP contribution in [-0.4, -0.2) is 15.1 Å². The van der Waals surface area contributed by atoms with E-state index < -0.39 is 4.92 Å². The first kappa shape index (κ1) is 9.53. The van der Waals surface area contributed by atoms with Gasteiger partial charge in [-0.1, -0.05) is 6.07 Å². The summed E-state index contributed by atoms with van der Waals surface area (Å²) >= 11 is 4.70. The summed E-state index contributed by atoms with van der Waals surface area (Å²) < 4.78 is 5.03. The Bertz CT molecular complexity index is 560. The van der Waals surface area contributed by atoms with Crippen molar-refractivity contribution in [3.63, 3.8) is 0 Å². The number of aromatic amines is 1. The highest BCUT2D eigenvalue weighted by atomic mass is 32.1. The highest BCUT2D eigenvalue weighted by Gasteiger charge is 2.09. The molecule has 0 bridgehead atoms.